The van der Waals surface area contributed by atoms with Gasteiger partial charge in [-0.15, -0.1) is 0 Å². The van der Waals surface area contributed by atoms with E-state index in [-0.39, 0.29) is 0 Å². The quantitative estimate of drug-likeness (QED) is 0.816. The van der Waals surface area contributed by atoms with Crippen LogP contribution >= 0.6 is 11.8 Å². The first-order valence-electron chi connectivity index (χ1n) is 6.86. The van der Waals surface area contributed by atoms with E-state index in [0.29, 0.717) is 16.2 Å². The summed E-state index contributed by atoms with van der Waals surface area (Å²) >= 11 is 2.11. The summed E-state index contributed by atoms with van der Waals surface area (Å²) < 4.78 is 0.426. The van der Waals surface area contributed by atoms with Crippen LogP contribution in [0, 0.1) is 5.41 Å². The highest BCUT2D eigenvalue weighted by molar-refractivity contribution is 8.00. The van der Waals surface area contributed by atoms with Gasteiger partial charge in [0.05, 0.1) is 0 Å². The zero-order chi connectivity index (χ0) is 13.1. The minimum atomic E-state index is 0.341. The molecule has 0 saturated carbocycles. The number of nitrogens with zero attached hydrogens (tertiary/aromatic N) is 1. The van der Waals surface area contributed by atoms with Crippen molar-refractivity contribution in [3.8, 4) is 0 Å². The lowest BCUT2D eigenvalue weighted by atomic mass is 9.84. The molecule has 0 radical (unpaired) electrons. The summed E-state index contributed by atoms with van der Waals surface area (Å²) in [6, 6.07) is 0.574. The maximum Gasteiger partial charge on any atom is 0.0231 e. The fraction of sp³-hybridized carbons (Fsp3) is 1.00. The molecule has 3 heteroatoms. The van der Waals surface area contributed by atoms with Crippen LogP contribution in [0.15, 0.2) is 0 Å². The first kappa shape index (κ1) is 15.3. The number of thioether (sulfide) groups is 1. The Morgan fingerprint density at radius 1 is 1.41 bits per heavy atom. The summed E-state index contributed by atoms with van der Waals surface area (Å²) in [4.78, 5) is 2.64. The summed E-state index contributed by atoms with van der Waals surface area (Å²) in [5.74, 6) is 1.28. The van der Waals surface area contributed by atoms with E-state index in [1.54, 1.807) is 0 Å². The first-order chi connectivity index (χ1) is 7.77. The minimum Gasteiger partial charge on any atom is -0.314 e. The predicted molar refractivity (Wildman–Crippen MR) is 79.9 cm³/mol. The SMILES string of the molecule is CCNC(C)C(C)(C)CN1CCSC(C)(C)C1. The Kier molecular flexibility index (Phi) is 5.36. The van der Waals surface area contributed by atoms with E-state index in [0.717, 1.165) is 6.54 Å². The lowest BCUT2D eigenvalue weighted by Crippen LogP contribution is -2.51. The third kappa shape index (κ3) is 4.80. The van der Waals surface area contributed by atoms with Gasteiger partial charge in [-0.25, -0.2) is 0 Å². The van der Waals surface area contributed by atoms with E-state index in [1.165, 1.54) is 25.4 Å². The molecule has 1 aliphatic rings. The molecule has 0 aromatic rings. The lowest BCUT2D eigenvalue weighted by Gasteiger charge is -2.43. The second-order valence-electron chi connectivity index (χ2n) is 6.59. The van der Waals surface area contributed by atoms with E-state index < -0.39 is 0 Å². The average molecular weight is 258 g/mol. The Balaban J connectivity index is 2.52. The maximum absolute atomic E-state index is 3.56. The molecule has 1 rings (SSSR count). The average Bonchev–Trinajstić information content (AvgIpc) is 2.15. The van der Waals surface area contributed by atoms with Gasteiger partial charge >= 0.3 is 0 Å². The fourth-order valence-corrected chi connectivity index (χ4v) is 3.72. The molecule has 0 amide bonds. The van der Waals surface area contributed by atoms with Gasteiger partial charge < -0.3 is 10.2 Å². The Labute approximate surface area is 112 Å². The smallest absolute Gasteiger partial charge is 0.0231 e. The Morgan fingerprint density at radius 3 is 2.59 bits per heavy atom. The van der Waals surface area contributed by atoms with Gasteiger partial charge in [0, 0.05) is 36.2 Å². The Hall–Kier alpha value is 0.270. The van der Waals surface area contributed by atoms with Crippen LogP contribution in [0.4, 0.5) is 0 Å². The molecule has 1 atom stereocenters. The van der Waals surface area contributed by atoms with Gasteiger partial charge in [-0.05, 0) is 32.7 Å². The van der Waals surface area contributed by atoms with Gasteiger partial charge in [0.25, 0.3) is 0 Å². The largest absolute Gasteiger partial charge is 0.314 e. The van der Waals surface area contributed by atoms with Crippen molar-refractivity contribution in [2.75, 3.05) is 31.9 Å². The van der Waals surface area contributed by atoms with Gasteiger partial charge in [0.2, 0.25) is 0 Å². The molecule has 1 fully saturated rings. The summed E-state index contributed by atoms with van der Waals surface area (Å²) in [6.45, 7) is 18.7. The van der Waals surface area contributed by atoms with Crippen molar-refractivity contribution in [3.63, 3.8) is 0 Å². The summed E-state index contributed by atoms with van der Waals surface area (Å²) in [6.07, 6.45) is 0. The van der Waals surface area contributed by atoms with Crippen molar-refractivity contribution in [1.29, 1.82) is 0 Å². The Morgan fingerprint density at radius 2 is 2.06 bits per heavy atom. The van der Waals surface area contributed by atoms with Crippen LogP contribution in [-0.4, -0.2) is 47.6 Å². The highest BCUT2D eigenvalue weighted by atomic mass is 32.2. The van der Waals surface area contributed by atoms with Crippen molar-refractivity contribution in [3.05, 3.63) is 0 Å². The molecule has 102 valence electrons. The van der Waals surface area contributed by atoms with Crippen LogP contribution in [0.25, 0.3) is 0 Å². The van der Waals surface area contributed by atoms with Gasteiger partial charge in [-0.3, -0.25) is 0 Å². The van der Waals surface area contributed by atoms with Crippen LogP contribution in [0.5, 0.6) is 0 Å². The van der Waals surface area contributed by atoms with Crippen LogP contribution in [-0.2, 0) is 0 Å². The van der Waals surface area contributed by atoms with Crippen molar-refractivity contribution in [2.45, 2.75) is 52.3 Å². The second kappa shape index (κ2) is 5.94. The van der Waals surface area contributed by atoms with Crippen LogP contribution in [0.1, 0.15) is 41.5 Å². The summed E-state index contributed by atoms with van der Waals surface area (Å²) in [5.41, 5.74) is 0.341. The van der Waals surface area contributed by atoms with Crippen molar-refractivity contribution >= 4 is 11.8 Å². The molecular formula is C14H30N2S. The molecule has 1 heterocycles. The fourth-order valence-electron chi connectivity index (χ4n) is 2.54. The highest BCUT2D eigenvalue weighted by Crippen LogP contribution is 2.32. The highest BCUT2D eigenvalue weighted by Gasteiger charge is 2.32. The number of hydrogen-bond donors (Lipinski definition) is 1. The molecule has 1 aliphatic heterocycles. The molecule has 0 spiro atoms. The standard InChI is InChI=1S/C14H30N2S/c1-7-15-12(2)13(3,4)10-16-8-9-17-14(5,6)11-16/h12,15H,7-11H2,1-6H3. The Bertz CT molecular complexity index is 238. The molecule has 17 heavy (non-hydrogen) atoms. The van der Waals surface area contributed by atoms with Gasteiger partial charge in [0.15, 0.2) is 0 Å². The molecule has 1 N–H and O–H groups in total. The molecule has 0 bridgehead atoms. The third-order valence-electron chi connectivity index (χ3n) is 3.82. The van der Waals surface area contributed by atoms with Crippen molar-refractivity contribution < 1.29 is 0 Å². The van der Waals surface area contributed by atoms with Gasteiger partial charge in [-0.2, -0.15) is 11.8 Å². The zero-order valence-electron chi connectivity index (χ0n) is 12.5. The van der Waals surface area contributed by atoms with Crippen LogP contribution in [0.2, 0.25) is 0 Å². The van der Waals surface area contributed by atoms with E-state index in [4.69, 9.17) is 0 Å². The number of rotatable bonds is 5. The van der Waals surface area contributed by atoms with E-state index in [9.17, 15) is 0 Å². The summed E-state index contributed by atoms with van der Waals surface area (Å²) in [5, 5.41) is 3.56. The van der Waals surface area contributed by atoms with E-state index >= 15 is 0 Å². The topological polar surface area (TPSA) is 15.3 Å². The molecule has 2 nitrogen and oxygen atoms in total. The molecule has 0 aromatic heterocycles. The van der Waals surface area contributed by atoms with Crippen molar-refractivity contribution in [2.24, 2.45) is 5.41 Å². The van der Waals surface area contributed by atoms with Gasteiger partial charge in [0.1, 0.15) is 0 Å². The monoisotopic (exact) mass is 258 g/mol. The normalized spacial score (nSPS) is 23.6. The predicted octanol–water partition coefficient (Wildman–Crippen LogP) is 2.84. The third-order valence-corrected chi connectivity index (χ3v) is 5.12. The van der Waals surface area contributed by atoms with Crippen LogP contribution < -0.4 is 5.32 Å². The first-order valence-corrected chi connectivity index (χ1v) is 7.85. The van der Waals surface area contributed by atoms with E-state index in [2.05, 4.69) is 63.5 Å². The molecule has 1 unspecified atom stereocenters. The molecule has 0 aromatic carbocycles. The second-order valence-corrected chi connectivity index (χ2v) is 8.39. The minimum absolute atomic E-state index is 0.341. The molecular weight excluding hydrogens is 228 g/mol. The van der Waals surface area contributed by atoms with Gasteiger partial charge in [-0.1, -0.05) is 20.8 Å². The number of nitrogens with one attached hydrogen (secondary N) is 1. The van der Waals surface area contributed by atoms with E-state index in [1.807, 2.05) is 0 Å². The number of hydrogen-bond acceptors (Lipinski definition) is 3. The summed E-state index contributed by atoms with van der Waals surface area (Å²) in [7, 11) is 0. The lowest BCUT2D eigenvalue weighted by molar-refractivity contribution is 0.139. The molecule has 0 aliphatic carbocycles. The zero-order valence-corrected chi connectivity index (χ0v) is 13.3. The van der Waals surface area contributed by atoms with Crippen molar-refractivity contribution in [1.82, 2.24) is 10.2 Å². The van der Waals surface area contributed by atoms with Crippen LogP contribution in [0.3, 0.4) is 0 Å². The molecule has 1 saturated heterocycles. The maximum atomic E-state index is 3.56.